The standard InChI is InChI=1S/C22H32N4O3S/c1-5-28-22(27)19-16(4)18-20(26-11-14(2)29-15(3)12-26)23-17(24-21(18)30-19)13-25-9-7-6-8-10-25/h14-15H,5-13H2,1-4H3/t14-,15+. The van der Waals surface area contributed by atoms with Crippen molar-refractivity contribution < 1.29 is 14.3 Å². The maximum absolute atomic E-state index is 12.5. The Morgan fingerprint density at radius 1 is 1.17 bits per heavy atom. The Labute approximate surface area is 182 Å². The lowest BCUT2D eigenvalue weighted by Gasteiger charge is -2.36. The van der Waals surface area contributed by atoms with Gasteiger partial charge < -0.3 is 14.4 Å². The number of rotatable bonds is 5. The Morgan fingerprint density at radius 3 is 2.53 bits per heavy atom. The van der Waals surface area contributed by atoms with Gasteiger partial charge in [0.1, 0.15) is 21.3 Å². The van der Waals surface area contributed by atoms with Gasteiger partial charge in [0.2, 0.25) is 0 Å². The first-order chi connectivity index (χ1) is 14.5. The van der Waals surface area contributed by atoms with Crippen LogP contribution in [0.4, 0.5) is 5.82 Å². The number of hydrogen-bond donors (Lipinski definition) is 0. The molecule has 0 spiro atoms. The summed E-state index contributed by atoms with van der Waals surface area (Å²) in [4.78, 5) is 28.7. The van der Waals surface area contributed by atoms with Crippen LogP contribution in [0.2, 0.25) is 0 Å². The van der Waals surface area contributed by atoms with Crippen LogP contribution in [0.1, 0.15) is 61.1 Å². The largest absolute Gasteiger partial charge is 0.462 e. The zero-order valence-electron chi connectivity index (χ0n) is 18.4. The highest BCUT2D eigenvalue weighted by molar-refractivity contribution is 7.20. The first-order valence-electron chi connectivity index (χ1n) is 11.1. The lowest BCUT2D eigenvalue weighted by atomic mass is 10.1. The van der Waals surface area contributed by atoms with Crippen LogP contribution < -0.4 is 4.90 Å². The van der Waals surface area contributed by atoms with Gasteiger partial charge in [0.25, 0.3) is 0 Å². The molecule has 0 bridgehead atoms. The molecule has 0 aliphatic carbocycles. The van der Waals surface area contributed by atoms with Crippen molar-refractivity contribution in [2.75, 3.05) is 37.7 Å². The first-order valence-corrected chi connectivity index (χ1v) is 11.9. The number of thiophene rings is 1. The second kappa shape index (κ2) is 9.16. The van der Waals surface area contributed by atoms with E-state index in [9.17, 15) is 4.79 Å². The molecule has 7 nitrogen and oxygen atoms in total. The highest BCUT2D eigenvalue weighted by atomic mass is 32.1. The van der Waals surface area contributed by atoms with Gasteiger partial charge in [-0.15, -0.1) is 11.3 Å². The molecule has 0 saturated carbocycles. The highest BCUT2D eigenvalue weighted by Gasteiger charge is 2.29. The number of aromatic nitrogens is 2. The van der Waals surface area contributed by atoms with Crippen molar-refractivity contribution in [2.45, 2.75) is 65.7 Å². The average Bonchev–Trinajstić information content (AvgIpc) is 3.04. The molecule has 0 radical (unpaired) electrons. The van der Waals surface area contributed by atoms with Crippen molar-refractivity contribution in [1.82, 2.24) is 14.9 Å². The van der Waals surface area contributed by atoms with Gasteiger partial charge in [-0.1, -0.05) is 6.42 Å². The lowest BCUT2D eigenvalue weighted by molar-refractivity contribution is -0.00540. The van der Waals surface area contributed by atoms with Gasteiger partial charge in [0, 0.05) is 13.1 Å². The molecule has 2 atom stereocenters. The van der Waals surface area contributed by atoms with E-state index in [1.807, 2.05) is 13.8 Å². The van der Waals surface area contributed by atoms with E-state index in [1.54, 1.807) is 0 Å². The SMILES string of the molecule is CCOC(=O)c1sc2nc(CN3CCCCC3)nc(N3C[C@@H](C)O[C@@H](C)C3)c2c1C. The molecule has 8 heteroatoms. The Bertz CT molecular complexity index is 899. The van der Waals surface area contributed by atoms with E-state index in [0.29, 0.717) is 11.5 Å². The van der Waals surface area contributed by atoms with Crippen molar-refractivity contribution >= 4 is 33.3 Å². The number of fused-ring (bicyclic) bond motifs is 1. The maximum Gasteiger partial charge on any atom is 0.348 e. The molecule has 2 saturated heterocycles. The molecular weight excluding hydrogens is 400 g/mol. The second-order valence-corrected chi connectivity index (χ2v) is 9.42. The minimum atomic E-state index is -0.273. The molecule has 0 amide bonds. The minimum absolute atomic E-state index is 0.132. The van der Waals surface area contributed by atoms with Gasteiger partial charge in [-0.2, -0.15) is 0 Å². The van der Waals surface area contributed by atoms with Crippen molar-refractivity contribution in [2.24, 2.45) is 0 Å². The molecule has 0 N–H and O–H groups in total. The lowest BCUT2D eigenvalue weighted by Crippen LogP contribution is -2.46. The Balaban J connectivity index is 1.77. The molecular formula is C22H32N4O3S. The molecule has 0 unspecified atom stereocenters. The quantitative estimate of drug-likeness (QED) is 0.666. The number of carbonyl (C=O) groups excluding carboxylic acids is 1. The summed E-state index contributed by atoms with van der Waals surface area (Å²) in [5.41, 5.74) is 0.916. The van der Waals surface area contributed by atoms with E-state index in [4.69, 9.17) is 19.4 Å². The summed E-state index contributed by atoms with van der Waals surface area (Å²) >= 11 is 1.43. The fraction of sp³-hybridized carbons (Fsp3) is 0.682. The number of anilines is 1. The predicted molar refractivity (Wildman–Crippen MR) is 119 cm³/mol. The minimum Gasteiger partial charge on any atom is -0.462 e. The molecule has 164 valence electrons. The normalized spacial score (nSPS) is 23.1. The topological polar surface area (TPSA) is 67.8 Å². The number of aryl methyl sites for hydroxylation is 1. The van der Waals surface area contributed by atoms with Crippen molar-refractivity contribution in [3.8, 4) is 0 Å². The zero-order chi connectivity index (χ0) is 21.3. The third-order valence-electron chi connectivity index (χ3n) is 5.81. The summed E-state index contributed by atoms with van der Waals surface area (Å²) in [6.07, 6.45) is 4.04. The summed E-state index contributed by atoms with van der Waals surface area (Å²) in [5, 5.41) is 0.978. The summed E-state index contributed by atoms with van der Waals surface area (Å²) in [6.45, 7) is 12.9. The number of esters is 1. The van der Waals surface area contributed by atoms with E-state index in [1.165, 1.54) is 30.6 Å². The molecule has 2 aliphatic heterocycles. The fourth-order valence-corrected chi connectivity index (χ4v) is 5.61. The molecule has 2 aromatic rings. The maximum atomic E-state index is 12.5. The summed E-state index contributed by atoms with van der Waals surface area (Å²) in [6, 6.07) is 0. The van der Waals surface area contributed by atoms with Crippen molar-refractivity contribution in [3.63, 3.8) is 0 Å². The second-order valence-electron chi connectivity index (χ2n) is 8.42. The molecule has 2 aliphatic rings. The molecule has 2 aromatic heterocycles. The third kappa shape index (κ3) is 4.45. The van der Waals surface area contributed by atoms with Crippen LogP contribution in [-0.2, 0) is 16.0 Å². The predicted octanol–water partition coefficient (Wildman–Crippen LogP) is 3.78. The van der Waals surface area contributed by atoms with Crippen LogP contribution >= 0.6 is 11.3 Å². The van der Waals surface area contributed by atoms with Crippen molar-refractivity contribution in [1.29, 1.82) is 0 Å². The van der Waals surface area contributed by atoms with E-state index < -0.39 is 0 Å². The van der Waals surface area contributed by atoms with Gasteiger partial charge in [-0.25, -0.2) is 14.8 Å². The van der Waals surface area contributed by atoms with E-state index >= 15 is 0 Å². The fourth-order valence-electron chi connectivity index (χ4n) is 4.52. The molecule has 2 fully saturated rings. The number of likely N-dealkylation sites (tertiary alicyclic amines) is 1. The van der Waals surface area contributed by atoms with Gasteiger partial charge >= 0.3 is 5.97 Å². The van der Waals surface area contributed by atoms with Crippen LogP contribution in [0.15, 0.2) is 0 Å². The van der Waals surface area contributed by atoms with Crippen molar-refractivity contribution in [3.05, 3.63) is 16.3 Å². The monoisotopic (exact) mass is 432 g/mol. The average molecular weight is 433 g/mol. The smallest absolute Gasteiger partial charge is 0.348 e. The number of morpholine rings is 1. The summed E-state index contributed by atoms with van der Waals surface area (Å²) in [5.74, 6) is 1.49. The zero-order valence-corrected chi connectivity index (χ0v) is 19.3. The molecule has 4 rings (SSSR count). The van der Waals surface area contributed by atoms with E-state index in [2.05, 4.69) is 23.6 Å². The van der Waals surface area contributed by atoms with Gasteiger partial charge in [-0.3, -0.25) is 4.90 Å². The van der Waals surface area contributed by atoms with Gasteiger partial charge in [0.05, 0.1) is 30.7 Å². The number of hydrogen-bond acceptors (Lipinski definition) is 8. The molecule has 30 heavy (non-hydrogen) atoms. The van der Waals surface area contributed by atoms with Gasteiger partial charge in [0.15, 0.2) is 0 Å². The third-order valence-corrected chi connectivity index (χ3v) is 6.98. The van der Waals surface area contributed by atoms with E-state index in [-0.39, 0.29) is 18.2 Å². The number of nitrogens with zero attached hydrogens (tertiary/aromatic N) is 4. The highest BCUT2D eigenvalue weighted by Crippen LogP contribution is 2.37. The Kier molecular flexibility index (Phi) is 6.55. The summed E-state index contributed by atoms with van der Waals surface area (Å²) in [7, 11) is 0. The number of carbonyl (C=O) groups is 1. The van der Waals surface area contributed by atoms with Crippen LogP contribution in [0.3, 0.4) is 0 Å². The number of ether oxygens (including phenoxy) is 2. The van der Waals surface area contributed by atoms with Gasteiger partial charge in [-0.05, 0) is 59.2 Å². The molecule has 0 aromatic carbocycles. The van der Waals surface area contributed by atoms with Crippen LogP contribution in [0.25, 0.3) is 10.2 Å². The Hall–Kier alpha value is -1.77. The van der Waals surface area contributed by atoms with Crippen LogP contribution in [0, 0.1) is 6.92 Å². The number of piperidine rings is 1. The van der Waals surface area contributed by atoms with E-state index in [0.717, 1.165) is 60.1 Å². The Morgan fingerprint density at radius 2 is 1.87 bits per heavy atom. The van der Waals surface area contributed by atoms with Crippen LogP contribution in [-0.4, -0.2) is 65.8 Å². The molecule has 4 heterocycles. The summed E-state index contributed by atoms with van der Waals surface area (Å²) < 4.78 is 11.2. The van der Waals surface area contributed by atoms with Crippen LogP contribution in [0.5, 0.6) is 0 Å². The first kappa shape index (κ1) is 21.5.